The van der Waals surface area contributed by atoms with E-state index in [0.29, 0.717) is 18.2 Å². The fourth-order valence-electron chi connectivity index (χ4n) is 2.05. The number of hydrogen-bond acceptors (Lipinski definition) is 2. The van der Waals surface area contributed by atoms with E-state index >= 15 is 0 Å². The molecule has 1 aliphatic rings. The van der Waals surface area contributed by atoms with Crippen LogP contribution in [0.2, 0.25) is 0 Å². The van der Waals surface area contributed by atoms with Gasteiger partial charge in [-0.15, -0.1) is 23.2 Å². The number of ketones is 1. The third-order valence-corrected chi connectivity index (χ3v) is 3.60. The molecule has 0 fully saturated rings. The highest BCUT2D eigenvalue weighted by Gasteiger charge is 2.13. The fourth-order valence-corrected chi connectivity index (χ4v) is 2.58. The summed E-state index contributed by atoms with van der Waals surface area (Å²) in [7, 11) is 0. The Labute approximate surface area is 148 Å². The van der Waals surface area contributed by atoms with Crippen molar-refractivity contribution >= 4 is 45.8 Å². The second kappa shape index (κ2) is 12.9. The molecule has 0 saturated heterocycles. The third-order valence-electron chi connectivity index (χ3n) is 3.03. The predicted octanol–water partition coefficient (Wildman–Crippen LogP) is 5.39. The zero-order valence-corrected chi connectivity index (χ0v) is 15.4. The molecule has 0 radical (unpaired) electrons. The molecule has 0 aromatic heterocycles. The van der Waals surface area contributed by atoms with Gasteiger partial charge in [-0.3, -0.25) is 9.59 Å². The maximum atomic E-state index is 11.6. The first-order valence-electron chi connectivity index (χ1n) is 7.53. The van der Waals surface area contributed by atoms with Crippen LogP contribution in [-0.4, -0.2) is 22.8 Å². The topological polar surface area (TPSA) is 34.1 Å². The van der Waals surface area contributed by atoms with Crippen molar-refractivity contribution in [1.82, 2.24) is 0 Å². The number of alkyl halides is 2. The summed E-state index contributed by atoms with van der Waals surface area (Å²) in [6.07, 6.45) is 4.22. The van der Waals surface area contributed by atoms with Crippen molar-refractivity contribution in [2.75, 3.05) is 11.8 Å². The number of carbonyl (C=O) groups is 2. The van der Waals surface area contributed by atoms with Crippen LogP contribution in [0.1, 0.15) is 54.6 Å². The van der Waals surface area contributed by atoms with Crippen LogP contribution in [-0.2, 0) is 17.6 Å². The second-order valence-corrected chi connectivity index (χ2v) is 5.67. The number of Topliss-reactive ketones (excluding diaryl/α,β-unsaturated/α-hetero) is 1. The van der Waals surface area contributed by atoms with Gasteiger partial charge >= 0.3 is 0 Å². The van der Waals surface area contributed by atoms with Gasteiger partial charge < -0.3 is 0 Å². The third kappa shape index (κ3) is 8.17. The Kier molecular flexibility index (Phi) is 12.6. The van der Waals surface area contributed by atoms with E-state index in [2.05, 4.69) is 6.07 Å². The van der Waals surface area contributed by atoms with Gasteiger partial charge in [0.15, 0.2) is 5.78 Å². The van der Waals surface area contributed by atoms with E-state index in [9.17, 15) is 9.59 Å². The van der Waals surface area contributed by atoms with Gasteiger partial charge in [0.2, 0.25) is 5.24 Å². The lowest BCUT2D eigenvalue weighted by atomic mass is 10.0. The summed E-state index contributed by atoms with van der Waals surface area (Å²) in [4.78, 5) is 21.3. The minimum absolute atomic E-state index is 0.162. The van der Waals surface area contributed by atoms with E-state index in [1.54, 1.807) is 0 Å². The number of hydrogen-bond donors (Lipinski definition) is 0. The molecule has 0 heterocycles. The minimum Gasteiger partial charge on any atom is -0.294 e. The van der Waals surface area contributed by atoms with Gasteiger partial charge in [-0.25, -0.2) is 0 Å². The van der Waals surface area contributed by atoms with Gasteiger partial charge in [-0.1, -0.05) is 26.0 Å². The monoisotopic (exact) mass is 364 g/mol. The first-order valence-corrected chi connectivity index (χ1v) is 8.98. The second-order valence-electron chi connectivity index (χ2n) is 4.49. The van der Waals surface area contributed by atoms with Crippen molar-refractivity contribution in [3.05, 3.63) is 34.9 Å². The van der Waals surface area contributed by atoms with Crippen molar-refractivity contribution in [3.63, 3.8) is 0 Å². The van der Waals surface area contributed by atoms with E-state index < -0.39 is 0 Å². The van der Waals surface area contributed by atoms with Crippen molar-refractivity contribution in [2.24, 2.45) is 0 Å². The number of rotatable bonds is 5. The highest BCUT2D eigenvalue weighted by Crippen LogP contribution is 2.23. The molecule has 0 aliphatic heterocycles. The Hall–Kier alpha value is -0.570. The average molecular weight is 366 g/mol. The first-order chi connectivity index (χ1) is 10.6. The molecule has 0 saturated carbocycles. The van der Waals surface area contributed by atoms with Crippen molar-refractivity contribution in [1.29, 1.82) is 0 Å². The van der Waals surface area contributed by atoms with Crippen LogP contribution in [0.5, 0.6) is 0 Å². The van der Waals surface area contributed by atoms with Crippen LogP contribution in [0.4, 0.5) is 0 Å². The summed E-state index contributed by atoms with van der Waals surface area (Å²) >= 11 is 15.5. The Morgan fingerprint density at radius 1 is 1.00 bits per heavy atom. The number of fused-ring (bicyclic) bond motifs is 1. The average Bonchev–Trinajstić information content (AvgIpc) is 2.97. The van der Waals surface area contributed by atoms with E-state index in [1.807, 2.05) is 26.0 Å². The molecule has 1 aromatic carbocycles. The van der Waals surface area contributed by atoms with Crippen molar-refractivity contribution in [3.8, 4) is 0 Å². The highest BCUT2D eigenvalue weighted by atomic mass is 35.5. The first kappa shape index (κ1) is 21.4. The van der Waals surface area contributed by atoms with Crippen molar-refractivity contribution in [2.45, 2.75) is 46.0 Å². The highest BCUT2D eigenvalue weighted by molar-refractivity contribution is 6.63. The minimum atomic E-state index is -0.370. The molecule has 124 valence electrons. The number of benzene rings is 1. The van der Waals surface area contributed by atoms with Crippen molar-refractivity contribution < 1.29 is 9.59 Å². The van der Waals surface area contributed by atoms with Crippen LogP contribution in [0, 0.1) is 0 Å². The molecule has 0 bridgehead atoms. The van der Waals surface area contributed by atoms with E-state index in [0.717, 1.165) is 12.0 Å². The van der Waals surface area contributed by atoms with Gasteiger partial charge in [0, 0.05) is 30.2 Å². The summed E-state index contributed by atoms with van der Waals surface area (Å²) in [5.74, 6) is 0.896. The Morgan fingerprint density at radius 2 is 1.59 bits per heavy atom. The predicted molar refractivity (Wildman–Crippen MR) is 95.7 cm³/mol. The maximum Gasteiger partial charge on any atom is 0.222 e. The van der Waals surface area contributed by atoms with Gasteiger partial charge in [0.25, 0.3) is 0 Å². The van der Waals surface area contributed by atoms with Crippen LogP contribution >= 0.6 is 34.8 Å². The van der Waals surface area contributed by atoms with Crippen LogP contribution in [0.25, 0.3) is 0 Å². The fraction of sp³-hybridized carbons (Fsp3) is 0.529. The zero-order valence-electron chi connectivity index (χ0n) is 13.1. The summed E-state index contributed by atoms with van der Waals surface area (Å²) in [6.45, 7) is 4.00. The molecule has 1 aromatic rings. The lowest BCUT2D eigenvalue weighted by Crippen LogP contribution is -2.00. The molecule has 22 heavy (non-hydrogen) atoms. The normalized spacial score (nSPS) is 11.5. The summed E-state index contributed by atoms with van der Waals surface area (Å²) in [6, 6.07) is 6.06. The standard InChI is InChI=1S/C12H13ClO.C3H4Cl2O.C2H6/c13-7-6-12(14)11-5-4-9-2-1-3-10(9)8-11;4-2-1-3(5)6;1-2/h4-5,8H,1-3,6-7H2;1-2H2;1-2H3. The number of aryl methyl sites for hydroxylation is 2. The Morgan fingerprint density at radius 3 is 2.09 bits per heavy atom. The molecule has 2 rings (SSSR count). The lowest BCUT2D eigenvalue weighted by Gasteiger charge is -2.02. The number of carbonyl (C=O) groups excluding carboxylic acids is 2. The van der Waals surface area contributed by atoms with Gasteiger partial charge in [-0.05, 0) is 48.1 Å². The van der Waals surface area contributed by atoms with E-state index in [-0.39, 0.29) is 17.4 Å². The molecule has 0 amide bonds. The van der Waals surface area contributed by atoms with Gasteiger partial charge in [-0.2, -0.15) is 0 Å². The van der Waals surface area contributed by atoms with Crippen LogP contribution < -0.4 is 0 Å². The van der Waals surface area contributed by atoms with Crippen LogP contribution in [0.3, 0.4) is 0 Å². The molecule has 1 aliphatic carbocycles. The Bertz CT molecular complexity index is 473. The molecule has 0 N–H and O–H groups in total. The Balaban J connectivity index is 0.000000470. The maximum absolute atomic E-state index is 11.6. The lowest BCUT2D eigenvalue weighted by molar-refractivity contribution is -0.111. The van der Waals surface area contributed by atoms with Crippen LogP contribution in [0.15, 0.2) is 18.2 Å². The summed E-state index contributed by atoms with van der Waals surface area (Å²) in [5, 5.41) is -0.370. The summed E-state index contributed by atoms with van der Waals surface area (Å²) in [5.41, 5.74) is 3.59. The number of halogens is 3. The summed E-state index contributed by atoms with van der Waals surface area (Å²) < 4.78 is 0. The van der Waals surface area contributed by atoms with Gasteiger partial charge in [0.1, 0.15) is 0 Å². The smallest absolute Gasteiger partial charge is 0.222 e. The van der Waals surface area contributed by atoms with E-state index in [4.69, 9.17) is 34.8 Å². The quantitative estimate of drug-likeness (QED) is 0.398. The largest absolute Gasteiger partial charge is 0.294 e. The molecule has 2 nitrogen and oxygen atoms in total. The molecular formula is C17H23Cl3O2. The molecule has 0 spiro atoms. The van der Waals surface area contributed by atoms with E-state index in [1.165, 1.54) is 24.0 Å². The SMILES string of the molecule is CC.O=C(CCCl)c1ccc2c(c1)CCC2.O=C(Cl)CCCl. The molecular weight excluding hydrogens is 343 g/mol. The molecule has 5 heteroatoms. The zero-order chi connectivity index (χ0) is 17.0. The van der Waals surface area contributed by atoms with Gasteiger partial charge in [0.05, 0.1) is 0 Å². The molecule has 0 atom stereocenters. The molecule has 0 unspecified atom stereocenters.